The van der Waals surface area contributed by atoms with Gasteiger partial charge in [-0.05, 0) is 42.9 Å². The second kappa shape index (κ2) is 7.66. The zero-order valence-electron chi connectivity index (χ0n) is 15.8. The molecule has 1 aliphatic carbocycles. The minimum absolute atomic E-state index is 0.101. The van der Waals surface area contributed by atoms with Crippen LogP contribution < -0.4 is 27.4 Å². The molecule has 2 heterocycles. The van der Waals surface area contributed by atoms with Crippen molar-refractivity contribution in [2.45, 2.75) is 25.7 Å². The Hall–Kier alpha value is -3.04. The van der Waals surface area contributed by atoms with E-state index in [0.717, 1.165) is 23.7 Å². The molecular weight excluding hydrogens is 433 g/mol. The second-order valence-corrected chi connectivity index (χ2v) is 7.95. The number of halogens is 2. The molecule has 1 fully saturated rings. The fraction of sp³-hybridized carbons (Fsp3) is 0.263. The number of ether oxygens (including phenoxy) is 1. The molecule has 30 heavy (non-hydrogen) atoms. The number of pyridine rings is 1. The molecule has 0 saturated heterocycles. The average Bonchev–Trinajstić information content (AvgIpc) is 3.55. The predicted molar refractivity (Wildman–Crippen MR) is 113 cm³/mol. The lowest BCUT2D eigenvalue weighted by Gasteiger charge is -2.14. The van der Waals surface area contributed by atoms with Crippen molar-refractivity contribution in [3.05, 3.63) is 77.4 Å². The van der Waals surface area contributed by atoms with Crippen LogP contribution in [0.1, 0.15) is 31.2 Å². The van der Waals surface area contributed by atoms with Gasteiger partial charge in [0.25, 0.3) is 11.1 Å². The van der Waals surface area contributed by atoms with Crippen molar-refractivity contribution >= 4 is 23.2 Å². The molecule has 0 spiro atoms. The number of nitrogens with one attached hydrogen (secondary N) is 1. The largest absolute Gasteiger partial charge is 0.453 e. The molecule has 11 heteroatoms. The van der Waals surface area contributed by atoms with E-state index in [9.17, 15) is 14.4 Å². The third-order valence-electron chi connectivity index (χ3n) is 5.08. The molecule has 0 radical (unpaired) electrons. The van der Waals surface area contributed by atoms with E-state index in [-0.39, 0.29) is 33.0 Å². The Labute approximate surface area is 179 Å². The van der Waals surface area contributed by atoms with Gasteiger partial charge >= 0.3 is 5.69 Å². The van der Waals surface area contributed by atoms with Gasteiger partial charge in [-0.3, -0.25) is 9.59 Å². The molecule has 0 bridgehead atoms. The van der Waals surface area contributed by atoms with Crippen molar-refractivity contribution in [2.75, 3.05) is 5.84 Å². The summed E-state index contributed by atoms with van der Waals surface area (Å²) in [6.45, 7) is 2.02. The van der Waals surface area contributed by atoms with Gasteiger partial charge in [0, 0.05) is 11.8 Å². The number of benzene rings is 1. The summed E-state index contributed by atoms with van der Waals surface area (Å²) in [6.07, 6.45) is 4.54. The summed E-state index contributed by atoms with van der Waals surface area (Å²) in [7, 11) is 0. The highest BCUT2D eigenvalue weighted by molar-refractivity contribution is 6.37. The normalized spacial score (nSPS) is 14.5. The Bertz CT molecular complexity index is 1290. The molecule has 1 unspecified atom stereocenters. The lowest BCUT2D eigenvalue weighted by molar-refractivity contribution is 0.477. The van der Waals surface area contributed by atoms with Gasteiger partial charge in [-0.25, -0.2) is 4.79 Å². The number of rotatable bonds is 5. The van der Waals surface area contributed by atoms with Gasteiger partial charge in [0.05, 0.1) is 15.7 Å². The summed E-state index contributed by atoms with van der Waals surface area (Å²) in [6, 6.07) is 4.49. The van der Waals surface area contributed by atoms with Gasteiger partial charge < -0.3 is 15.6 Å². The summed E-state index contributed by atoms with van der Waals surface area (Å²) in [4.78, 5) is 38.5. The number of nitrogens with zero attached hydrogens (tertiary/aromatic N) is 3. The maximum atomic E-state index is 12.2. The van der Waals surface area contributed by atoms with Crippen molar-refractivity contribution in [3.63, 3.8) is 0 Å². The minimum Gasteiger partial charge on any atom is -0.453 e. The molecule has 9 nitrogen and oxygen atoms in total. The quantitative estimate of drug-likeness (QED) is 0.576. The van der Waals surface area contributed by atoms with Crippen LogP contribution >= 0.6 is 23.2 Å². The van der Waals surface area contributed by atoms with E-state index in [2.05, 4.69) is 10.1 Å². The van der Waals surface area contributed by atoms with Crippen molar-refractivity contribution in [1.29, 1.82) is 0 Å². The first-order valence-electron chi connectivity index (χ1n) is 9.12. The van der Waals surface area contributed by atoms with Crippen LogP contribution in [0.4, 0.5) is 0 Å². The Morgan fingerprint density at radius 2 is 1.87 bits per heavy atom. The number of nitrogens with two attached hydrogens (primary N) is 1. The third kappa shape index (κ3) is 3.73. The van der Waals surface area contributed by atoms with Crippen LogP contribution in [0.25, 0.3) is 5.69 Å². The molecule has 1 aliphatic rings. The Balaban J connectivity index is 1.69. The Kier molecular flexibility index (Phi) is 5.17. The van der Waals surface area contributed by atoms with Crippen LogP contribution in [0.2, 0.25) is 10.0 Å². The Morgan fingerprint density at radius 1 is 1.20 bits per heavy atom. The summed E-state index contributed by atoms with van der Waals surface area (Å²) >= 11 is 12.7. The molecule has 1 aromatic carbocycles. The van der Waals surface area contributed by atoms with Crippen molar-refractivity contribution < 1.29 is 4.74 Å². The van der Waals surface area contributed by atoms with E-state index in [1.54, 1.807) is 6.07 Å². The first-order chi connectivity index (χ1) is 14.3. The average molecular weight is 450 g/mol. The number of nitrogen functional groups attached to an aromatic ring is 1. The molecule has 3 aromatic rings. The van der Waals surface area contributed by atoms with Crippen LogP contribution in [0.15, 0.2) is 45.0 Å². The highest BCUT2D eigenvalue weighted by Gasteiger charge is 2.30. The number of hydrogen-bond acceptors (Lipinski definition) is 6. The van der Waals surface area contributed by atoms with E-state index >= 15 is 0 Å². The highest BCUT2D eigenvalue weighted by atomic mass is 35.5. The van der Waals surface area contributed by atoms with E-state index in [0.29, 0.717) is 21.9 Å². The van der Waals surface area contributed by atoms with Crippen molar-refractivity contribution in [2.24, 2.45) is 5.92 Å². The van der Waals surface area contributed by atoms with Gasteiger partial charge in [-0.15, -0.1) is 0 Å². The molecule has 1 atom stereocenters. The van der Waals surface area contributed by atoms with Gasteiger partial charge in [-0.1, -0.05) is 30.1 Å². The fourth-order valence-corrected chi connectivity index (χ4v) is 3.76. The van der Waals surface area contributed by atoms with Gasteiger partial charge in [0.1, 0.15) is 11.9 Å². The first kappa shape index (κ1) is 20.2. The van der Waals surface area contributed by atoms with Crippen LogP contribution in [0, 0.1) is 5.92 Å². The number of aromatic amines is 1. The van der Waals surface area contributed by atoms with Gasteiger partial charge in [-0.2, -0.15) is 14.5 Å². The molecule has 156 valence electrons. The van der Waals surface area contributed by atoms with E-state index < -0.39 is 11.2 Å². The lowest BCUT2D eigenvalue weighted by atomic mass is 9.98. The molecule has 2 aromatic heterocycles. The van der Waals surface area contributed by atoms with Gasteiger partial charge in [0.2, 0.25) is 0 Å². The maximum absolute atomic E-state index is 12.2. The second-order valence-electron chi connectivity index (χ2n) is 7.13. The summed E-state index contributed by atoms with van der Waals surface area (Å²) < 4.78 is 7.13. The zero-order valence-corrected chi connectivity index (χ0v) is 17.3. The summed E-state index contributed by atoms with van der Waals surface area (Å²) in [5.41, 5.74) is -0.923. The van der Waals surface area contributed by atoms with Crippen LogP contribution in [0.5, 0.6) is 11.5 Å². The van der Waals surface area contributed by atoms with E-state index in [1.807, 2.05) is 6.92 Å². The fourth-order valence-electron chi connectivity index (χ4n) is 3.20. The van der Waals surface area contributed by atoms with Crippen molar-refractivity contribution in [3.8, 4) is 17.2 Å². The first-order valence-corrected chi connectivity index (χ1v) is 9.88. The summed E-state index contributed by atoms with van der Waals surface area (Å²) in [5, 5.41) is 3.96. The highest BCUT2D eigenvalue weighted by Crippen LogP contribution is 2.42. The van der Waals surface area contributed by atoms with E-state index in [4.69, 9.17) is 33.8 Å². The standard InChI is InChI=1S/C19H17Cl2N5O4/c1-9(10-2-3-10)13-6-12(7-23-18(13)28)30-17-14(20)4-11(5-15(17)21)26-19(29)25(22)16(27)8-24-26/h4-10H,2-3,22H2,1H3,(H,23,28). The predicted octanol–water partition coefficient (Wildman–Crippen LogP) is 2.41. The van der Waals surface area contributed by atoms with Crippen LogP contribution in [0.3, 0.4) is 0 Å². The Morgan fingerprint density at radius 3 is 2.50 bits per heavy atom. The zero-order chi connectivity index (χ0) is 21.6. The third-order valence-corrected chi connectivity index (χ3v) is 5.64. The van der Waals surface area contributed by atoms with Gasteiger partial charge in [0.15, 0.2) is 5.75 Å². The smallest absolute Gasteiger partial charge is 0.370 e. The lowest BCUT2D eigenvalue weighted by Crippen LogP contribution is -2.44. The number of aromatic nitrogens is 4. The molecule has 0 amide bonds. The molecule has 3 N–H and O–H groups in total. The topological polar surface area (TPSA) is 125 Å². The molecular formula is C19H17Cl2N5O4. The molecule has 1 saturated carbocycles. The van der Waals surface area contributed by atoms with Crippen LogP contribution in [-0.4, -0.2) is 19.4 Å². The maximum Gasteiger partial charge on any atom is 0.370 e. The monoisotopic (exact) mass is 449 g/mol. The summed E-state index contributed by atoms with van der Waals surface area (Å²) in [5.74, 6) is 6.56. The minimum atomic E-state index is -0.859. The molecule has 4 rings (SSSR count). The number of H-pyrrole nitrogens is 1. The SMILES string of the molecule is CC(c1cc(Oc2c(Cl)cc(-n3ncc(=O)n(N)c3=O)cc2Cl)c[nH]c1=O)C1CC1. The van der Waals surface area contributed by atoms with Crippen LogP contribution in [-0.2, 0) is 0 Å². The molecule has 0 aliphatic heterocycles. The van der Waals surface area contributed by atoms with E-state index in [1.165, 1.54) is 18.3 Å². The number of hydrogen-bond donors (Lipinski definition) is 2. The van der Waals surface area contributed by atoms with Crippen molar-refractivity contribution in [1.82, 2.24) is 19.4 Å².